The molecule has 2 N–H and O–H groups in total. The molecule has 0 saturated carbocycles. The average molecular weight is 298 g/mol. The Morgan fingerprint density at radius 1 is 1.50 bits per heavy atom. The Labute approximate surface area is 121 Å². The Kier molecular flexibility index (Phi) is 4.62. The number of carboxylic acid groups (broad SMARTS) is 1. The summed E-state index contributed by atoms with van der Waals surface area (Å²) in [6.07, 6.45) is 1.29. The smallest absolute Gasteiger partial charge is 0.339 e. The lowest BCUT2D eigenvalue weighted by Crippen LogP contribution is -2.29. The van der Waals surface area contributed by atoms with E-state index in [9.17, 15) is 9.59 Å². The first-order chi connectivity index (χ1) is 9.54. The van der Waals surface area contributed by atoms with Crippen molar-refractivity contribution in [1.82, 2.24) is 0 Å². The summed E-state index contributed by atoms with van der Waals surface area (Å²) in [6.45, 7) is 2.51. The number of carboxylic acids is 1. The van der Waals surface area contributed by atoms with Crippen molar-refractivity contribution in [2.45, 2.75) is 25.9 Å². The lowest BCUT2D eigenvalue weighted by Gasteiger charge is -2.17. The van der Waals surface area contributed by atoms with E-state index >= 15 is 0 Å². The molecule has 2 rings (SSSR count). The van der Waals surface area contributed by atoms with Gasteiger partial charge in [0.15, 0.2) is 0 Å². The van der Waals surface area contributed by atoms with Gasteiger partial charge in [-0.3, -0.25) is 4.79 Å². The van der Waals surface area contributed by atoms with Gasteiger partial charge >= 0.3 is 5.97 Å². The minimum atomic E-state index is -1.17. The minimum Gasteiger partial charge on any atom is -0.478 e. The van der Waals surface area contributed by atoms with E-state index in [1.165, 1.54) is 12.1 Å². The number of anilines is 1. The van der Waals surface area contributed by atoms with Gasteiger partial charge in [0.05, 0.1) is 22.7 Å². The zero-order valence-electron chi connectivity index (χ0n) is 11.1. The second-order valence-corrected chi connectivity index (χ2v) is 5.08. The van der Waals surface area contributed by atoms with Gasteiger partial charge in [0.25, 0.3) is 0 Å². The molecule has 108 valence electrons. The van der Waals surface area contributed by atoms with Crippen LogP contribution in [-0.4, -0.2) is 29.7 Å². The summed E-state index contributed by atoms with van der Waals surface area (Å²) in [5, 5.41) is 11.9. The molecular weight excluding hydrogens is 282 g/mol. The topological polar surface area (TPSA) is 75.6 Å². The first-order valence-corrected chi connectivity index (χ1v) is 6.86. The highest BCUT2D eigenvalue weighted by Crippen LogP contribution is 2.28. The molecule has 1 heterocycles. The monoisotopic (exact) mass is 297 g/mol. The molecule has 0 aliphatic carbocycles. The lowest BCUT2D eigenvalue weighted by molar-refractivity contribution is -0.121. The summed E-state index contributed by atoms with van der Waals surface area (Å²) in [4.78, 5) is 23.4. The number of aromatic carboxylic acids is 1. The predicted octanol–water partition coefficient (Wildman–Crippen LogP) is 2.79. The van der Waals surface area contributed by atoms with Gasteiger partial charge in [-0.15, -0.1) is 0 Å². The molecule has 1 aliphatic rings. The van der Waals surface area contributed by atoms with Crippen molar-refractivity contribution in [3.05, 3.63) is 28.8 Å². The van der Waals surface area contributed by atoms with Gasteiger partial charge in [-0.1, -0.05) is 24.6 Å². The molecule has 2 atom stereocenters. The van der Waals surface area contributed by atoms with Crippen molar-refractivity contribution in [3.8, 4) is 0 Å². The van der Waals surface area contributed by atoms with Crippen LogP contribution in [0.2, 0.25) is 5.02 Å². The van der Waals surface area contributed by atoms with Crippen LogP contribution in [0.15, 0.2) is 18.2 Å². The molecule has 0 bridgehead atoms. The van der Waals surface area contributed by atoms with Crippen LogP contribution in [0.25, 0.3) is 0 Å². The highest BCUT2D eigenvalue weighted by atomic mass is 35.5. The molecule has 2 unspecified atom stereocenters. The maximum absolute atomic E-state index is 12.2. The van der Waals surface area contributed by atoms with Crippen molar-refractivity contribution >= 4 is 29.2 Å². The number of carbonyl (C=O) groups excluding carboxylic acids is 1. The summed E-state index contributed by atoms with van der Waals surface area (Å²) in [5.74, 6) is -1.64. The fourth-order valence-electron chi connectivity index (χ4n) is 2.42. The Balaban J connectivity index is 2.20. The molecule has 1 fully saturated rings. The third-order valence-electron chi connectivity index (χ3n) is 3.43. The number of hydrogen-bond acceptors (Lipinski definition) is 3. The number of amides is 1. The molecule has 1 aliphatic heterocycles. The zero-order chi connectivity index (χ0) is 14.7. The molecule has 1 amide bonds. The van der Waals surface area contributed by atoms with Crippen LogP contribution in [0, 0.1) is 5.92 Å². The summed E-state index contributed by atoms with van der Waals surface area (Å²) in [5.41, 5.74) is 0.131. The highest BCUT2D eigenvalue weighted by molar-refractivity contribution is 6.34. The van der Waals surface area contributed by atoms with E-state index < -0.39 is 5.97 Å². The zero-order valence-corrected chi connectivity index (χ0v) is 11.8. The van der Waals surface area contributed by atoms with E-state index in [1.54, 1.807) is 6.07 Å². The Morgan fingerprint density at radius 2 is 2.25 bits per heavy atom. The highest BCUT2D eigenvalue weighted by Gasteiger charge is 2.33. The number of halogens is 1. The largest absolute Gasteiger partial charge is 0.478 e. The van der Waals surface area contributed by atoms with E-state index in [4.69, 9.17) is 21.4 Å². The number of nitrogens with one attached hydrogen (secondary N) is 1. The molecule has 1 aromatic rings. The fraction of sp³-hybridized carbons (Fsp3) is 0.429. The lowest BCUT2D eigenvalue weighted by atomic mass is 9.98. The van der Waals surface area contributed by atoms with Crippen LogP contribution in [-0.2, 0) is 9.53 Å². The van der Waals surface area contributed by atoms with Gasteiger partial charge in [0.2, 0.25) is 5.91 Å². The van der Waals surface area contributed by atoms with Crippen LogP contribution in [0.4, 0.5) is 5.69 Å². The van der Waals surface area contributed by atoms with Gasteiger partial charge in [0, 0.05) is 6.61 Å². The van der Waals surface area contributed by atoms with E-state index in [1.807, 2.05) is 6.92 Å². The molecule has 0 spiro atoms. The number of carbonyl (C=O) groups is 2. The van der Waals surface area contributed by atoms with Crippen LogP contribution < -0.4 is 5.32 Å². The molecule has 1 aromatic carbocycles. The maximum atomic E-state index is 12.2. The average Bonchev–Trinajstić information content (AvgIpc) is 2.86. The summed E-state index contributed by atoms with van der Waals surface area (Å²) in [7, 11) is 0. The third kappa shape index (κ3) is 2.94. The SMILES string of the molecule is CCC1OCCC1C(=O)Nc1cccc(Cl)c1C(=O)O. The van der Waals surface area contributed by atoms with E-state index in [-0.39, 0.29) is 34.2 Å². The first kappa shape index (κ1) is 14.8. The fourth-order valence-corrected chi connectivity index (χ4v) is 2.68. The molecule has 6 heteroatoms. The quantitative estimate of drug-likeness (QED) is 0.896. The van der Waals surface area contributed by atoms with Crippen LogP contribution in [0.5, 0.6) is 0 Å². The molecule has 0 aromatic heterocycles. The number of rotatable bonds is 4. The molecule has 0 radical (unpaired) electrons. The van der Waals surface area contributed by atoms with Crippen molar-refractivity contribution in [3.63, 3.8) is 0 Å². The van der Waals surface area contributed by atoms with Crippen LogP contribution in [0.3, 0.4) is 0 Å². The van der Waals surface area contributed by atoms with Crippen molar-refractivity contribution in [2.75, 3.05) is 11.9 Å². The Bertz CT molecular complexity index is 532. The van der Waals surface area contributed by atoms with Crippen molar-refractivity contribution in [1.29, 1.82) is 0 Å². The van der Waals surface area contributed by atoms with Crippen LogP contribution >= 0.6 is 11.6 Å². The standard InChI is InChI=1S/C14H16ClNO4/c1-2-11-8(6-7-20-11)13(17)16-10-5-3-4-9(15)12(10)14(18)19/h3-5,8,11H,2,6-7H2,1H3,(H,16,17)(H,18,19). The summed E-state index contributed by atoms with van der Waals surface area (Å²) in [6, 6.07) is 4.62. The minimum absolute atomic E-state index is 0.0884. The second kappa shape index (κ2) is 6.24. The van der Waals surface area contributed by atoms with E-state index in [2.05, 4.69) is 5.32 Å². The molecule has 20 heavy (non-hydrogen) atoms. The van der Waals surface area contributed by atoms with Gasteiger partial charge in [-0.2, -0.15) is 0 Å². The predicted molar refractivity (Wildman–Crippen MR) is 75.2 cm³/mol. The molecule has 5 nitrogen and oxygen atoms in total. The first-order valence-electron chi connectivity index (χ1n) is 6.48. The molecule has 1 saturated heterocycles. The van der Waals surface area contributed by atoms with Crippen molar-refractivity contribution < 1.29 is 19.4 Å². The second-order valence-electron chi connectivity index (χ2n) is 4.67. The van der Waals surface area contributed by atoms with Gasteiger partial charge in [-0.05, 0) is 25.0 Å². The Hall–Kier alpha value is -1.59. The van der Waals surface area contributed by atoms with E-state index in [0.29, 0.717) is 13.0 Å². The number of hydrogen-bond donors (Lipinski definition) is 2. The maximum Gasteiger partial charge on any atom is 0.339 e. The summed E-state index contributed by atoms with van der Waals surface area (Å²) >= 11 is 5.87. The molecular formula is C14H16ClNO4. The van der Waals surface area contributed by atoms with Gasteiger partial charge < -0.3 is 15.2 Å². The van der Waals surface area contributed by atoms with Gasteiger partial charge in [0.1, 0.15) is 5.56 Å². The number of benzene rings is 1. The number of ether oxygens (including phenoxy) is 1. The van der Waals surface area contributed by atoms with E-state index in [0.717, 1.165) is 6.42 Å². The Morgan fingerprint density at radius 3 is 2.90 bits per heavy atom. The normalized spacial score (nSPS) is 21.7. The van der Waals surface area contributed by atoms with Crippen molar-refractivity contribution in [2.24, 2.45) is 5.92 Å². The third-order valence-corrected chi connectivity index (χ3v) is 3.75. The summed E-state index contributed by atoms with van der Waals surface area (Å²) < 4.78 is 5.47. The van der Waals surface area contributed by atoms with Crippen LogP contribution in [0.1, 0.15) is 30.1 Å². The van der Waals surface area contributed by atoms with Gasteiger partial charge in [-0.25, -0.2) is 4.79 Å².